The number of carboxylic acid groups (broad SMARTS) is 1. The van der Waals surface area contributed by atoms with Gasteiger partial charge in [-0.1, -0.05) is 6.92 Å². The lowest BCUT2D eigenvalue weighted by Gasteiger charge is -2.26. The summed E-state index contributed by atoms with van der Waals surface area (Å²) in [6, 6.07) is 0.915. The van der Waals surface area contributed by atoms with Crippen molar-refractivity contribution in [3.8, 4) is 0 Å². The molecule has 1 aromatic rings. The molecule has 0 spiro atoms. The number of rotatable bonds is 6. The fourth-order valence-corrected chi connectivity index (χ4v) is 3.06. The first-order valence-electron chi connectivity index (χ1n) is 5.93. The summed E-state index contributed by atoms with van der Waals surface area (Å²) in [5.41, 5.74) is -1.97. The fraction of sp³-hybridized carbons (Fsp3) is 0.417. The number of benzene rings is 1. The maximum Gasteiger partial charge on any atom is 0.335 e. The zero-order valence-corrected chi connectivity index (χ0v) is 12.2. The highest BCUT2D eigenvalue weighted by atomic mass is 32.2. The number of aliphatic hydroxyl groups excluding tert-OH is 1. The molecule has 9 heteroatoms. The van der Waals surface area contributed by atoms with Crippen LogP contribution in [0.1, 0.15) is 30.6 Å². The van der Waals surface area contributed by atoms with Crippen LogP contribution in [0.4, 0.5) is 8.78 Å². The average molecular weight is 323 g/mol. The third-order valence-electron chi connectivity index (χ3n) is 3.04. The smallest absolute Gasteiger partial charge is 0.335 e. The number of hydrogen-bond acceptors (Lipinski definition) is 4. The Morgan fingerprint density at radius 2 is 1.95 bits per heavy atom. The second kappa shape index (κ2) is 6.04. The molecule has 0 saturated heterocycles. The second-order valence-corrected chi connectivity index (χ2v) is 6.40. The van der Waals surface area contributed by atoms with Gasteiger partial charge in [-0.3, -0.25) is 0 Å². The summed E-state index contributed by atoms with van der Waals surface area (Å²) in [5.74, 6) is -4.85. The predicted molar refractivity (Wildman–Crippen MR) is 69.4 cm³/mol. The molecule has 21 heavy (non-hydrogen) atoms. The van der Waals surface area contributed by atoms with Crippen LogP contribution in [0.2, 0.25) is 0 Å². The number of carboxylic acids is 1. The van der Waals surface area contributed by atoms with Crippen LogP contribution >= 0.6 is 0 Å². The van der Waals surface area contributed by atoms with E-state index in [2.05, 4.69) is 0 Å². The monoisotopic (exact) mass is 323 g/mol. The third-order valence-corrected chi connectivity index (χ3v) is 4.68. The van der Waals surface area contributed by atoms with E-state index >= 15 is 0 Å². The number of aliphatic hydroxyl groups is 1. The van der Waals surface area contributed by atoms with Crippen molar-refractivity contribution >= 4 is 16.0 Å². The summed E-state index contributed by atoms with van der Waals surface area (Å²) in [6.07, 6.45) is 0.186. The first-order chi connectivity index (χ1) is 9.56. The van der Waals surface area contributed by atoms with Gasteiger partial charge in [-0.05, 0) is 25.5 Å². The lowest BCUT2D eigenvalue weighted by molar-refractivity contribution is 0.0696. The zero-order valence-electron chi connectivity index (χ0n) is 11.4. The average Bonchev–Trinajstić information content (AvgIpc) is 2.40. The molecule has 0 aliphatic rings. The van der Waals surface area contributed by atoms with Crippen molar-refractivity contribution in [2.75, 3.05) is 6.61 Å². The first kappa shape index (κ1) is 17.5. The van der Waals surface area contributed by atoms with Crippen LogP contribution in [0, 0.1) is 11.6 Å². The van der Waals surface area contributed by atoms with Gasteiger partial charge < -0.3 is 10.2 Å². The van der Waals surface area contributed by atoms with Crippen molar-refractivity contribution in [2.24, 2.45) is 0 Å². The van der Waals surface area contributed by atoms with Crippen molar-refractivity contribution in [3.05, 3.63) is 29.3 Å². The van der Waals surface area contributed by atoms with Crippen molar-refractivity contribution in [1.82, 2.24) is 4.72 Å². The van der Waals surface area contributed by atoms with Gasteiger partial charge in [0.1, 0.15) is 4.90 Å². The van der Waals surface area contributed by atoms with Gasteiger partial charge in [0.15, 0.2) is 11.6 Å². The summed E-state index contributed by atoms with van der Waals surface area (Å²) in [7, 11) is -4.54. The van der Waals surface area contributed by atoms with E-state index < -0.39 is 50.2 Å². The van der Waals surface area contributed by atoms with Gasteiger partial charge in [0, 0.05) is 0 Å². The minimum Gasteiger partial charge on any atom is -0.478 e. The molecule has 0 saturated carbocycles. The Labute approximate surface area is 120 Å². The second-order valence-electron chi connectivity index (χ2n) is 4.75. The fourth-order valence-electron chi connectivity index (χ4n) is 1.48. The van der Waals surface area contributed by atoms with E-state index in [1.54, 1.807) is 6.92 Å². The highest BCUT2D eigenvalue weighted by Crippen LogP contribution is 2.22. The Morgan fingerprint density at radius 1 is 1.38 bits per heavy atom. The van der Waals surface area contributed by atoms with Crippen molar-refractivity contribution < 1.29 is 32.2 Å². The minimum atomic E-state index is -4.54. The number of halogens is 2. The van der Waals surface area contributed by atoms with Crippen LogP contribution in [0.25, 0.3) is 0 Å². The molecular weight excluding hydrogens is 308 g/mol. The van der Waals surface area contributed by atoms with Crippen LogP contribution in [-0.2, 0) is 10.0 Å². The largest absolute Gasteiger partial charge is 0.478 e. The van der Waals surface area contributed by atoms with Crippen LogP contribution in [-0.4, -0.2) is 36.7 Å². The van der Waals surface area contributed by atoms with Crippen LogP contribution in [0.3, 0.4) is 0 Å². The Balaban J connectivity index is 3.41. The summed E-state index contributed by atoms with van der Waals surface area (Å²) in [5, 5.41) is 17.9. The number of carbonyl (C=O) groups is 1. The van der Waals surface area contributed by atoms with Gasteiger partial charge in [-0.2, -0.15) is 0 Å². The number of sulfonamides is 1. The van der Waals surface area contributed by atoms with Crippen molar-refractivity contribution in [1.29, 1.82) is 0 Å². The van der Waals surface area contributed by atoms with Gasteiger partial charge in [-0.25, -0.2) is 26.7 Å². The molecule has 0 bridgehead atoms. The van der Waals surface area contributed by atoms with Crippen LogP contribution in [0.15, 0.2) is 17.0 Å². The molecular formula is C12H15F2NO5S. The van der Waals surface area contributed by atoms with E-state index in [1.165, 1.54) is 6.92 Å². The van der Waals surface area contributed by atoms with Gasteiger partial charge in [0.25, 0.3) is 0 Å². The van der Waals surface area contributed by atoms with E-state index in [-0.39, 0.29) is 6.42 Å². The molecule has 6 nitrogen and oxygen atoms in total. The standard InChI is InChI=1S/C12H15F2NO5S/c1-3-12(2,6-16)15-21(19,20)9-5-7(11(17)18)4-8(13)10(9)14/h4-5,15-16H,3,6H2,1-2H3,(H,17,18). The molecule has 3 N–H and O–H groups in total. The van der Waals surface area contributed by atoms with Gasteiger partial charge in [0.05, 0.1) is 17.7 Å². The maximum atomic E-state index is 13.7. The van der Waals surface area contributed by atoms with Crippen LogP contribution < -0.4 is 4.72 Å². The third kappa shape index (κ3) is 3.74. The van der Waals surface area contributed by atoms with E-state index in [9.17, 15) is 27.1 Å². The first-order valence-corrected chi connectivity index (χ1v) is 7.42. The predicted octanol–water partition coefficient (Wildman–Crippen LogP) is 1.10. The summed E-state index contributed by atoms with van der Waals surface area (Å²) in [6.45, 7) is 2.40. The SMILES string of the molecule is CCC(C)(CO)NS(=O)(=O)c1cc(C(=O)O)cc(F)c1F. The summed E-state index contributed by atoms with van der Waals surface area (Å²) < 4.78 is 53.2. The number of nitrogens with one attached hydrogen (secondary N) is 1. The molecule has 0 aliphatic heterocycles. The number of hydrogen-bond donors (Lipinski definition) is 3. The van der Waals surface area contributed by atoms with E-state index in [0.717, 1.165) is 0 Å². The zero-order chi connectivity index (χ0) is 16.4. The molecule has 1 atom stereocenters. The Kier molecular flexibility index (Phi) is 5.03. The van der Waals surface area contributed by atoms with Gasteiger partial charge in [0.2, 0.25) is 10.0 Å². The lowest BCUT2D eigenvalue weighted by Crippen LogP contribution is -2.48. The Bertz CT molecular complexity index is 656. The quantitative estimate of drug-likeness (QED) is 0.727. The maximum absolute atomic E-state index is 13.7. The minimum absolute atomic E-state index is 0.186. The highest BCUT2D eigenvalue weighted by molar-refractivity contribution is 7.89. The molecule has 0 heterocycles. The number of aromatic carboxylic acids is 1. The Hall–Kier alpha value is -1.58. The van der Waals surface area contributed by atoms with Crippen molar-refractivity contribution in [2.45, 2.75) is 30.7 Å². The van der Waals surface area contributed by atoms with E-state index in [0.29, 0.717) is 12.1 Å². The normalized spacial score (nSPS) is 14.7. The van der Waals surface area contributed by atoms with Crippen molar-refractivity contribution in [3.63, 3.8) is 0 Å². The van der Waals surface area contributed by atoms with Crippen LogP contribution in [0.5, 0.6) is 0 Å². The molecule has 1 rings (SSSR count). The molecule has 0 aromatic heterocycles. The Morgan fingerprint density at radius 3 is 2.38 bits per heavy atom. The van der Waals surface area contributed by atoms with E-state index in [1.807, 2.05) is 4.72 Å². The van der Waals surface area contributed by atoms with E-state index in [4.69, 9.17) is 5.11 Å². The topological polar surface area (TPSA) is 104 Å². The lowest BCUT2D eigenvalue weighted by atomic mass is 10.0. The molecule has 0 amide bonds. The summed E-state index contributed by atoms with van der Waals surface area (Å²) in [4.78, 5) is 9.68. The summed E-state index contributed by atoms with van der Waals surface area (Å²) >= 11 is 0. The molecule has 0 aliphatic carbocycles. The highest BCUT2D eigenvalue weighted by Gasteiger charge is 2.32. The van der Waals surface area contributed by atoms with Gasteiger partial charge in [-0.15, -0.1) is 0 Å². The molecule has 0 fully saturated rings. The molecule has 118 valence electrons. The molecule has 0 radical (unpaired) electrons. The molecule has 1 unspecified atom stereocenters. The van der Waals surface area contributed by atoms with Gasteiger partial charge >= 0.3 is 5.97 Å². The molecule has 1 aromatic carbocycles.